The first kappa shape index (κ1) is 25.0. The van der Waals surface area contributed by atoms with Gasteiger partial charge in [-0.25, -0.2) is 4.79 Å². The summed E-state index contributed by atoms with van der Waals surface area (Å²) in [6.07, 6.45) is 10.2. The molecule has 2 saturated carbocycles. The lowest BCUT2D eigenvalue weighted by molar-refractivity contribution is -0.00861. The number of epoxide rings is 2. The minimum Gasteiger partial charge on any atom is -0.490 e. The zero-order valence-electron chi connectivity index (χ0n) is 21.9. The van der Waals surface area contributed by atoms with Crippen molar-refractivity contribution in [1.29, 1.82) is 0 Å². The van der Waals surface area contributed by atoms with Crippen molar-refractivity contribution in [2.24, 2.45) is 11.8 Å². The highest BCUT2D eigenvalue weighted by Gasteiger charge is 2.34. The number of hydrogen-bond acceptors (Lipinski definition) is 6. The van der Waals surface area contributed by atoms with E-state index in [-0.39, 0.29) is 18.2 Å². The van der Waals surface area contributed by atoms with Gasteiger partial charge in [0.15, 0.2) is 0 Å². The molecule has 2 atom stereocenters. The molecular weight excluding hydrogens is 444 g/mol. The standard InChI is InChI=1S/C29H42O6/c1-17-19(3)28(34-16-26-15-33-26)20(4)18(2)27(17)29(30)35-24-11-7-22(8-12-24)21-5-9-23(10-6-21)31-13-25-14-32-25/h21-26H,5-16H2,1-4H3. The van der Waals surface area contributed by atoms with Crippen LogP contribution in [0.25, 0.3) is 0 Å². The number of hydrogen-bond donors (Lipinski definition) is 0. The van der Waals surface area contributed by atoms with Crippen LogP contribution in [0.3, 0.4) is 0 Å². The molecule has 0 aromatic heterocycles. The van der Waals surface area contributed by atoms with Gasteiger partial charge in [-0.15, -0.1) is 0 Å². The molecule has 6 heteroatoms. The van der Waals surface area contributed by atoms with Gasteiger partial charge in [0.2, 0.25) is 0 Å². The summed E-state index contributed by atoms with van der Waals surface area (Å²) in [6, 6.07) is 0. The highest BCUT2D eigenvalue weighted by atomic mass is 16.6. The van der Waals surface area contributed by atoms with Crippen LogP contribution in [-0.2, 0) is 18.9 Å². The molecule has 6 nitrogen and oxygen atoms in total. The molecule has 2 aliphatic heterocycles. The molecular formula is C29H42O6. The largest absolute Gasteiger partial charge is 0.490 e. The SMILES string of the molecule is Cc1c(C)c(C(=O)OC2CCC(C3CCC(OCC4CO4)CC3)CC2)c(C)c(C)c1OCC1CO1. The first-order valence-corrected chi connectivity index (χ1v) is 13.7. The molecule has 4 aliphatic rings. The van der Waals surface area contributed by atoms with Crippen LogP contribution >= 0.6 is 0 Å². The van der Waals surface area contributed by atoms with Gasteiger partial charge in [-0.2, -0.15) is 0 Å². The van der Waals surface area contributed by atoms with Crippen LogP contribution in [0, 0.1) is 39.5 Å². The summed E-state index contributed by atoms with van der Waals surface area (Å²) in [5.74, 6) is 2.27. The van der Waals surface area contributed by atoms with Crippen LogP contribution in [0.1, 0.15) is 84.0 Å². The molecule has 4 fully saturated rings. The summed E-state index contributed by atoms with van der Waals surface area (Å²) in [5, 5.41) is 0. The number of ether oxygens (including phenoxy) is 5. The van der Waals surface area contributed by atoms with Crippen molar-refractivity contribution in [3.8, 4) is 5.75 Å². The molecule has 0 N–H and O–H groups in total. The highest BCUT2D eigenvalue weighted by Crippen LogP contribution is 2.40. The van der Waals surface area contributed by atoms with Crippen molar-refractivity contribution in [2.45, 2.75) is 103 Å². The van der Waals surface area contributed by atoms with Gasteiger partial charge in [-0.3, -0.25) is 0 Å². The summed E-state index contributed by atoms with van der Waals surface area (Å²) in [6.45, 7) is 11.1. The Labute approximate surface area is 210 Å². The molecule has 194 valence electrons. The van der Waals surface area contributed by atoms with E-state index < -0.39 is 0 Å². The van der Waals surface area contributed by atoms with Crippen LogP contribution in [0.15, 0.2) is 0 Å². The maximum absolute atomic E-state index is 13.3. The number of carbonyl (C=O) groups excluding carboxylic acids is 1. The van der Waals surface area contributed by atoms with Gasteiger partial charge >= 0.3 is 5.97 Å². The third-order valence-corrected chi connectivity index (χ3v) is 8.87. The highest BCUT2D eigenvalue weighted by molar-refractivity contribution is 5.94. The van der Waals surface area contributed by atoms with E-state index >= 15 is 0 Å². The van der Waals surface area contributed by atoms with Crippen LogP contribution in [0.4, 0.5) is 0 Å². The second-order valence-electron chi connectivity index (χ2n) is 11.2. The van der Waals surface area contributed by atoms with Gasteiger partial charge in [-0.1, -0.05) is 0 Å². The van der Waals surface area contributed by atoms with Gasteiger partial charge < -0.3 is 23.7 Å². The van der Waals surface area contributed by atoms with Crippen molar-refractivity contribution in [2.75, 3.05) is 26.4 Å². The average molecular weight is 487 g/mol. The molecule has 2 aliphatic carbocycles. The summed E-state index contributed by atoms with van der Waals surface area (Å²) < 4.78 is 28.7. The lowest BCUT2D eigenvalue weighted by Crippen LogP contribution is -2.31. The Hall–Kier alpha value is -1.63. The second-order valence-corrected chi connectivity index (χ2v) is 11.2. The van der Waals surface area contributed by atoms with Crippen molar-refractivity contribution in [3.05, 3.63) is 27.8 Å². The van der Waals surface area contributed by atoms with E-state index in [0.717, 1.165) is 85.3 Å². The molecule has 0 radical (unpaired) electrons. The van der Waals surface area contributed by atoms with E-state index in [1.54, 1.807) is 0 Å². The molecule has 1 aromatic rings. The van der Waals surface area contributed by atoms with Crippen molar-refractivity contribution < 1.29 is 28.5 Å². The van der Waals surface area contributed by atoms with E-state index in [9.17, 15) is 4.79 Å². The molecule has 0 spiro atoms. The minimum atomic E-state index is -0.177. The predicted octanol–water partition coefficient (Wildman–Crippen LogP) is 5.39. The first-order valence-electron chi connectivity index (χ1n) is 13.7. The van der Waals surface area contributed by atoms with Gasteiger partial charge in [0.1, 0.15) is 30.7 Å². The van der Waals surface area contributed by atoms with Gasteiger partial charge in [0.25, 0.3) is 0 Å². The van der Waals surface area contributed by atoms with Crippen molar-refractivity contribution in [3.63, 3.8) is 0 Å². The molecule has 0 bridgehead atoms. The zero-order chi connectivity index (χ0) is 24.5. The van der Waals surface area contributed by atoms with Crippen LogP contribution in [-0.4, -0.2) is 56.8 Å². The van der Waals surface area contributed by atoms with Crippen molar-refractivity contribution in [1.82, 2.24) is 0 Å². The maximum atomic E-state index is 13.3. The molecule has 0 amide bonds. The Balaban J connectivity index is 1.11. The average Bonchev–Trinajstić information content (AvgIpc) is 3.78. The molecule has 2 heterocycles. The van der Waals surface area contributed by atoms with E-state index in [4.69, 9.17) is 23.7 Å². The lowest BCUT2D eigenvalue weighted by atomic mass is 9.72. The number of esters is 1. The number of carbonyl (C=O) groups is 1. The second kappa shape index (κ2) is 10.8. The van der Waals surface area contributed by atoms with Gasteiger partial charge in [-0.05, 0) is 113 Å². The fourth-order valence-corrected chi connectivity index (χ4v) is 6.16. The lowest BCUT2D eigenvalue weighted by Gasteiger charge is -2.37. The van der Waals surface area contributed by atoms with E-state index in [1.165, 1.54) is 25.7 Å². The zero-order valence-corrected chi connectivity index (χ0v) is 21.9. The summed E-state index contributed by atoms with van der Waals surface area (Å²) in [4.78, 5) is 13.3. The van der Waals surface area contributed by atoms with E-state index in [1.807, 2.05) is 27.7 Å². The van der Waals surface area contributed by atoms with Gasteiger partial charge in [0, 0.05) is 0 Å². The predicted molar refractivity (Wildman–Crippen MR) is 133 cm³/mol. The Kier molecular flexibility index (Phi) is 7.71. The first-order chi connectivity index (χ1) is 16.9. The molecule has 35 heavy (non-hydrogen) atoms. The Bertz CT molecular complexity index is 873. The van der Waals surface area contributed by atoms with Crippen molar-refractivity contribution >= 4 is 5.97 Å². The quantitative estimate of drug-likeness (QED) is 0.344. The maximum Gasteiger partial charge on any atom is 0.338 e. The van der Waals surface area contributed by atoms with Crippen LogP contribution in [0.5, 0.6) is 5.75 Å². The molecule has 1 aromatic carbocycles. The third kappa shape index (κ3) is 6.03. The van der Waals surface area contributed by atoms with E-state index in [2.05, 4.69) is 0 Å². The fourth-order valence-electron chi connectivity index (χ4n) is 6.16. The molecule has 2 unspecified atom stereocenters. The molecule has 5 rings (SSSR count). The summed E-state index contributed by atoms with van der Waals surface area (Å²) in [7, 11) is 0. The minimum absolute atomic E-state index is 0.0271. The fraction of sp³-hybridized carbons (Fsp3) is 0.759. The monoisotopic (exact) mass is 486 g/mol. The van der Waals surface area contributed by atoms with Crippen LogP contribution in [0.2, 0.25) is 0 Å². The Morgan fingerprint density at radius 3 is 1.71 bits per heavy atom. The summed E-state index contributed by atoms with van der Waals surface area (Å²) in [5.41, 5.74) is 4.69. The van der Waals surface area contributed by atoms with E-state index in [0.29, 0.717) is 24.4 Å². The van der Waals surface area contributed by atoms with Crippen LogP contribution < -0.4 is 4.74 Å². The smallest absolute Gasteiger partial charge is 0.338 e. The number of rotatable bonds is 9. The topological polar surface area (TPSA) is 69.8 Å². The Morgan fingerprint density at radius 2 is 1.20 bits per heavy atom. The normalized spacial score (nSPS) is 32.2. The summed E-state index contributed by atoms with van der Waals surface area (Å²) >= 11 is 0. The van der Waals surface area contributed by atoms with Gasteiger partial charge in [0.05, 0.1) is 31.5 Å². The Morgan fingerprint density at radius 1 is 0.714 bits per heavy atom. The number of benzene rings is 1. The third-order valence-electron chi connectivity index (χ3n) is 8.87. The molecule has 2 saturated heterocycles.